The van der Waals surface area contributed by atoms with Crippen LogP contribution in [-0.4, -0.2) is 4.98 Å². The third kappa shape index (κ3) is 2.47. The predicted octanol–water partition coefficient (Wildman–Crippen LogP) is 4.35. The summed E-state index contributed by atoms with van der Waals surface area (Å²) in [6.45, 7) is 2.08. The van der Waals surface area contributed by atoms with Gasteiger partial charge >= 0.3 is 0 Å². The van der Waals surface area contributed by atoms with Crippen molar-refractivity contribution in [3.05, 3.63) is 76.0 Å². The minimum absolute atomic E-state index is 0.141. The van der Waals surface area contributed by atoms with Crippen molar-refractivity contribution in [2.24, 2.45) is 5.73 Å². The Balaban J connectivity index is 2.15. The molecule has 2 aromatic carbocycles. The molecule has 0 saturated carbocycles. The van der Waals surface area contributed by atoms with Gasteiger partial charge in [0.05, 0.1) is 6.04 Å². The Kier molecular flexibility index (Phi) is 3.55. The lowest BCUT2D eigenvalue weighted by atomic mass is 9.94. The fourth-order valence-electron chi connectivity index (χ4n) is 2.54. The van der Waals surface area contributed by atoms with E-state index in [2.05, 4.69) is 58.2 Å². The summed E-state index contributed by atoms with van der Waals surface area (Å²) in [7, 11) is 0. The monoisotopic (exact) mass is 326 g/mol. The number of nitrogens with zero attached hydrogens (tertiary/aromatic N) is 1. The zero-order valence-electron chi connectivity index (χ0n) is 11.2. The molecule has 0 fully saturated rings. The molecule has 3 aromatic rings. The smallest absolute Gasteiger partial charge is 0.0558 e. The van der Waals surface area contributed by atoms with Gasteiger partial charge in [-0.05, 0) is 47.2 Å². The molecule has 3 heteroatoms. The van der Waals surface area contributed by atoms with E-state index >= 15 is 0 Å². The van der Waals surface area contributed by atoms with Crippen molar-refractivity contribution in [1.82, 2.24) is 4.98 Å². The van der Waals surface area contributed by atoms with Gasteiger partial charge in [0.15, 0.2) is 0 Å². The van der Waals surface area contributed by atoms with Crippen molar-refractivity contribution in [2.45, 2.75) is 13.0 Å². The molecule has 0 radical (unpaired) electrons. The SMILES string of the molecule is Cc1cc(Br)cc(C(N)c2cccc3cnccc23)c1. The topological polar surface area (TPSA) is 38.9 Å². The summed E-state index contributed by atoms with van der Waals surface area (Å²) in [6.07, 6.45) is 3.68. The molecular weight excluding hydrogens is 312 g/mol. The largest absolute Gasteiger partial charge is 0.320 e. The number of rotatable bonds is 2. The number of aryl methyl sites for hydroxylation is 1. The van der Waals surface area contributed by atoms with Crippen LogP contribution in [0, 0.1) is 6.92 Å². The number of fused-ring (bicyclic) bond motifs is 1. The number of benzene rings is 2. The molecule has 0 aliphatic carbocycles. The average molecular weight is 327 g/mol. The quantitative estimate of drug-likeness (QED) is 0.760. The van der Waals surface area contributed by atoms with Crippen LogP contribution in [0.2, 0.25) is 0 Å². The molecule has 3 rings (SSSR count). The van der Waals surface area contributed by atoms with Crippen LogP contribution < -0.4 is 5.73 Å². The molecule has 2 nitrogen and oxygen atoms in total. The van der Waals surface area contributed by atoms with Crippen LogP contribution in [0.25, 0.3) is 10.8 Å². The Labute approximate surface area is 126 Å². The molecule has 0 aliphatic heterocycles. The van der Waals surface area contributed by atoms with Crippen molar-refractivity contribution < 1.29 is 0 Å². The van der Waals surface area contributed by atoms with E-state index < -0.39 is 0 Å². The molecule has 1 atom stereocenters. The molecule has 100 valence electrons. The van der Waals surface area contributed by atoms with Crippen molar-refractivity contribution in [3.63, 3.8) is 0 Å². The molecule has 2 N–H and O–H groups in total. The highest BCUT2D eigenvalue weighted by atomic mass is 79.9. The van der Waals surface area contributed by atoms with Gasteiger partial charge in [0.2, 0.25) is 0 Å². The molecule has 1 heterocycles. The first-order valence-electron chi connectivity index (χ1n) is 6.50. The van der Waals surface area contributed by atoms with Gasteiger partial charge in [-0.3, -0.25) is 4.98 Å². The highest BCUT2D eigenvalue weighted by Crippen LogP contribution is 2.28. The van der Waals surface area contributed by atoms with E-state index in [-0.39, 0.29) is 6.04 Å². The molecular formula is C17H15BrN2. The first-order valence-corrected chi connectivity index (χ1v) is 7.30. The summed E-state index contributed by atoms with van der Waals surface area (Å²) in [6, 6.07) is 14.4. The Morgan fingerprint density at radius 2 is 2.00 bits per heavy atom. The summed E-state index contributed by atoms with van der Waals surface area (Å²) >= 11 is 3.54. The van der Waals surface area contributed by atoms with Crippen molar-refractivity contribution in [3.8, 4) is 0 Å². The fourth-order valence-corrected chi connectivity index (χ4v) is 3.17. The Morgan fingerprint density at radius 1 is 1.15 bits per heavy atom. The average Bonchev–Trinajstić information content (AvgIpc) is 2.45. The lowest BCUT2D eigenvalue weighted by Crippen LogP contribution is -2.12. The highest BCUT2D eigenvalue weighted by Gasteiger charge is 2.13. The van der Waals surface area contributed by atoms with Crippen LogP contribution in [-0.2, 0) is 0 Å². The molecule has 0 saturated heterocycles. The van der Waals surface area contributed by atoms with E-state index in [1.54, 1.807) is 0 Å². The van der Waals surface area contributed by atoms with E-state index in [4.69, 9.17) is 5.73 Å². The summed E-state index contributed by atoms with van der Waals surface area (Å²) in [5.74, 6) is 0. The molecule has 1 unspecified atom stereocenters. The van der Waals surface area contributed by atoms with E-state index in [9.17, 15) is 0 Å². The van der Waals surface area contributed by atoms with Gasteiger partial charge in [0, 0.05) is 22.3 Å². The maximum Gasteiger partial charge on any atom is 0.0558 e. The van der Waals surface area contributed by atoms with Gasteiger partial charge in [-0.2, -0.15) is 0 Å². The van der Waals surface area contributed by atoms with Crippen LogP contribution in [0.3, 0.4) is 0 Å². The van der Waals surface area contributed by atoms with Crippen molar-refractivity contribution in [2.75, 3.05) is 0 Å². The second kappa shape index (κ2) is 5.35. The molecule has 20 heavy (non-hydrogen) atoms. The Morgan fingerprint density at radius 3 is 2.80 bits per heavy atom. The number of hydrogen-bond donors (Lipinski definition) is 1. The third-order valence-corrected chi connectivity index (χ3v) is 3.93. The lowest BCUT2D eigenvalue weighted by molar-refractivity contribution is 0.877. The summed E-state index contributed by atoms with van der Waals surface area (Å²) in [4.78, 5) is 4.17. The molecule has 0 bridgehead atoms. The van der Waals surface area contributed by atoms with Gasteiger partial charge in [-0.15, -0.1) is 0 Å². The number of nitrogens with two attached hydrogens (primary N) is 1. The number of aromatic nitrogens is 1. The Hall–Kier alpha value is -1.71. The molecule has 1 aromatic heterocycles. The Bertz CT molecular complexity index is 742. The van der Waals surface area contributed by atoms with E-state index in [0.717, 1.165) is 26.4 Å². The van der Waals surface area contributed by atoms with Crippen LogP contribution in [0.4, 0.5) is 0 Å². The van der Waals surface area contributed by atoms with Crippen molar-refractivity contribution >= 4 is 26.7 Å². The summed E-state index contributed by atoms with van der Waals surface area (Å²) < 4.78 is 1.06. The van der Waals surface area contributed by atoms with Crippen LogP contribution in [0.1, 0.15) is 22.7 Å². The van der Waals surface area contributed by atoms with Crippen LogP contribution in [0.5, 0.6) is 0 Å². The highest BCUT2D eigenvalue weighted by molar-refractivity contribution is 9.10. The molecule has 0 amide bonds. The predicted molar refractivity (Wildman–Crippen MR) is 86.7 cm³/mol. The minimum Gasteiger partial charge on any atom is -0.320 e. The first kappa shape index (κ1) is 13.3. The van der Waals surface area contributed by atoms with Gasteiger partial charge in [0.1, 0.15) is 0 Å². The first-order chi connectivity index (χ1) is 9.65. The van der Waals surface area contributed by atoms with E-state index in [1.807, 2.05) is 24.5 Å². The molecule has 0 aliphatic rings. The van der Waals surface area contributed by atoms with Gasteiger partial charge in [0.25, 0.3) is 0 Å². The van der Waals surface area contributed by atoms with Gasteiger partial charge in [-0.1, -0.05) is 40.2 Å². The van der Waals surface area contributed by atoms with E-state index in [0.29, 0.717) is 0 Å². The number of halogens is 1. The summed E-state index contributed by atoms with van der Waals surface area (Å²) in [5, 5.41) is 2.28. The maximum atomic E-state index is 6.48. The zero-order chi connectivity index (χ0) is 14.1. The van der Waals surface area contributed by atoms with Crippen LogP contribution in [0.15, 0.2) is 59.3 Å². The van der Waals surface area contributed by atoms with Crippen molar-refractivity contribution in [1.29, 1.82) is 0 Å². The van der Waals surface area contributed by atoms with Crippen LogP contribution >= 0.6 is 15.9 Å². The third-order valence-electron chi connectivity index (χ3n) is 3.47. The zero-order valence-corrected chi connectivity index (χ0v) is 12.8. The second-order valence-electron chi connectivity index (χ2n) is 4.98. The minimum atomic E-state index is -0.141. The van der Waals surface area contributed by atoms with Gasteiger partial charge in [-0.25, -0.2) is 0 Å². The number of hydrogen-bond acceptors (Lipinski definition) is 2. The fraction of sp³-hybridized carbons (Fsp3) is 0.118. The second-order valence-corrected chi connectivity index (χ2v) is 5.90. The summed E-state index contributed by atoms with van der Waals surface area (Å²) in [5.41, 5.74) is 9.92. The maximum absolute atomic E-state index is 6.48. The van der Waals surface area contributed by atoms with E-state index in [1.165, 1.54) is 5.56 Å². The number of pyridine rings is 1. The normalized spacial score (nSPS) is 12.6. The van der Waals surface area contributed by atoms with Gasteiger partial charge < -0.3 is 5.73 Å². The standard InChI is InChI=1S/C17H15BrN2/c1-11-7-13(9-14(18)8-11)17(19)16-4-2-3-12-10-20-6-5-15(12)16/h2-10,17H,19H2,1H3. The lowest BCUT2D eigenvalue weighted by Gasteiger charge is -2.16. The molecule has 0 spiro atoms.